The number of rotatable bonds is 6. The summed E-state index contributed by atoms with van der Waals surface area (Å²) in [5.41, 5.74) is 3.10. The molecule has 0 atom stereocenters. The first-order chi connectivity index (χ1) is 16.5. The number of piperazine rings is 1. The molecule has 7 heteroatoms. The van der Waals surface area contributed by atoms with E-state index in [9.17, 15) is 9.59 Å². The maximum atomic E-state index is 13.0. The van der Waals surface area contributed by atoms with Crippen molar-refractivity contribution in [3.05, 3.63) is 65.2 Å². The van der Waals surface area contributed by atoms with Gasteiger partial charge in [0, 0.05) is 64.5 Å². The van der Waals surface area contributed by atoms with E-state index in [1.807, 2.05) is 53.1 Å². The maximum Gasteiger partial charge on any atom is 0.253 e. The van der Waals surface area contributed by atoms with Gasteiger partial charge in [-0.2, -0.15) is 0 Å². The Balaban J connectivity index is 1.21. The minimum absolute atomic E-state index is 0.0878. The molecule has 4 rings (SSSR count). The predicted octanol–water partition coefficient (Wildman–Crippen LogP) is 2.50. The lowest BCUT2D eigenvalue weighted by Crippen LogP contribution is -2.51. The number of methoxy groups -OCH3 is 1. The molecule has 0 aliphatic carbocycles. The van der Waals surface area contributed by atoms with Crippen LogP contribution in [0.1, 0.15) is 27.9 Å². The molecule has 0 radical (unpaired) electrons. The molecular formula is C27H36N4O3. The van der Waals surface area contributed by atoms with Crippen molar-refractivity contribution in [3.63, 3.8) is 0 Å². The summed E-state index contributed by atoms with van der Waals surface area (Å²) < 4.78 is 5.23. The van der Waals surface area contributed by atoms with Gasteiger partial charge in [-0.05, 0) is 43.2 Å². The molecule has 0 aromatic heterocycles. The van der Waals surface area contributed by atoms with Crippen LogP contribution in [0.15, 0.2) is 48.5 Å². The van der Waals surface area contributed by atoms with Crippen LogP contribution in [0, 0.1) is 6.92 Å². The fourth-order valence-corrected chi connectivity index (χ4v) is 4.73. The Hall–Kier alpha value is -2.90. The monoisotopic (exact) mass is 464 g/mol. The highest BCUT2D eigenvalue weighted by atomic mass is 16.5. The van der Waals surface area contributed by atoms with E-state index in [0.717, 1.165) is 75.7 Å². The Labute approximate surface area is 202 Å². The lowest BCUT2D eigenvalue weighted by Gasteiger charge is -2.35. The van der Waals surface area contributed by atoms with E-state index in [1.165, 1.54) is 5.56 Å². The Morgan fingerprint density at radius 1 is 0.824 bits per heavy atom. The first-order valence-corrected chi connectivity index (χ1v) is 12.2. The molecule has 2 saturated heterocycles. The molecule has 2 heterocycles. The highest BCUT2D eigenvalue weighted by Gasteiger charge is 2.25. The zero-order valence-corrected chi connectivity index (χ0v) is 20.4. The van der Waals surface area contributed by atoms with Crippen LogP contribution in [-0.2, 0) is 11.3 Å². The SMILES string of the molecule is COc1ccc(CN2CCN(C(=O)CN3CCCN(C(=O)c4cccc(C)c4)CC3)CC2)cc1. The molecule has 2 fully saturated rings. The Morgan fingerprint density at radius 3 is 2.24 bits per heavy atom. The molecule has 0 spiro atoms. The number of carbonyl (C=O) groups is 2. The van der Waals surface area contributed by atoms with Crippen molar-refractivity contribution >= 4 is 11.8 Å². The number of aryl methyl sites for hydroxylation is 1. The summed E-state index contributed by atoms with van der Waals surface area (Å²) in [6, 6.07) is 16.0. The summed E-state index contributed by atoms with van der Waals surface area (Å²) in [5.74, 6) is 1.16. The molecule has 2 aliphatic heterocycles. The Morgan fingerprint density at radius 2 is 1.53 bits per heavy atom. The van der Waals surface area contributed by atoms with Crippen LogP contribution in [0.25, 0.3) is 0 Å². The molecule has 34 heavy (non-hydrogen) atoms. The molecule has 182 valence electrons. The van der Waals surface area contributed by atoms with Gasteiger partial charge in [0.1, 0.15) is 5.75 Å². The largest absolute Gasteiger partial charge is 0.497 e. The molecular weight excluding hydrogens is 428 g/mol. The van der Waals surface area contributed by atoms with Crippen molar-refractivity contribution in [1.82, 2.24) is 19.6 Å². The number of hydrogen-bond donors (Lipinski definition) is 0. The first kappa shape index (κ1) is 24.2. The molecule has 0 unspecified atom stereocenters. The average molecular weight is 465 g/mol. The van der Waals surface area contributed by atoms with Gasteiger partial charge >= 0.3 is 0 Å². The number of nitrogens with zero attached hydrogens (tertiary/aromatic N) is 4. The maximum absolute atomic E-state index is 13.0. The van der Waals surface area contributed by atoms with Gasteiger partial charge in [-0.3, -0.25) is 19.4 Å². The first-order valence-electron chi connectivity index (χ1n) is 12.2. The third-order valence-corrected chi connectivity index (χ3v) is 6.79. The van der Waals surface area contributed by atoms with Crippen LogP contribution < -0.4 is 4.74 Å². The quantitative estimate of drug-likeness (QED) is 0.658. The van der Waals surface area contributed by atoms with E-state index in [2.05, 4.69) is 21.9 Å². The zero-order chi connectivity index (χ0) is 23.9. The molecule has 0 saturated carbocycles. The van der Waals surface area contributed by atoms with Crippen LogP contribution in [0.2, 0.25) is 0 Å². The Kier molecular flexibility index (Phi) is 8.19. The minimum atomic E-state index is 0.0878. The van der Waals surface area contributed by atoms with Gasteiger partial charge in [0.05, 0.1) is 13.7 Å². The highest BCUT2D eigenvalue weighted by Crippen LogP contribution is 2.15. The average Bonchev–Trinajstić information content (AvgIpc) is 3.10. The van der Waals surface area contributed by atoms with Crippen LogP contribution in [-0.4, -0.2) is 97.4 Å². The van der Waals surface area contributed by atoms with Gasteiger partial charge < -0.3 is 14.5 Å². The van der Waals surface area contributed by atoms with Crippen LogP contribution in [0.4, 0.5) is 0 Å². The lowest BCUT2D eigenvalue weighted by molar-refractivity contribution is -0.134. The summed E-state index contributed by atoms with van der Waals surface area (Å²) in [6.45, 7) is 9.62. The molecule has 2 aliphatic rings. The third-order valence-electron chi connectivity index (χ3n) is 6.79. The number of ether oxygens (including phenoxy) is 1. The van der Waals surface area contributed by atoms with Crippen LogP contribution >= 0.6 is 0 Å². The number of carbonyl (C=O) groups excluding carboxylic acids is 2. The summed E-state index contributed by atoms with van der Waals surface area (Å²) in [5, 5.41) is 0. The fraction of sp³-hybridized carbons (Fsp3) is 0.481. The highest BCUT2D eigenvalue weighted by molar-refractivity contribution is 5.94. The molecule has 2 amide bonds. The summed E-state index contributed by atoms with van der Waals surface area (Å²) in [6.07, 6.45) is 0.889. The van der Waals surface area contributed by atoms with E-state index in [-0.39, 0.29) is 11.8 Å². The molecule has 2 aromatic carbocycles. The topological polar surface area (TPSA) is 56.3 Å². The summed E-state index contributed by atoms with van der Waals surface area (Å²) >= 11 is 0. The summed E-state index contributed by atoms with van der Waals surface area (Å²) in [7, 11) is 1.68. The fourth-order valence-electron chi connectivity index (χ4n) is 4.73. The normalized spacial score (nSPS) is 17.9. The van der Waals surface area contributed by atoms with Crippen molar-refractivity contribution < 1.29 is 14.3 Å². The smallest absolute Gasteiger partial charge is 0.253 e. The molecule has 0 bridgehead atoms. The standard InChI is InChI=1S/C27H36N4O3/c1-22-5-3-6-24(19-22)27(33)31-12-4-11-28(15-18-31)21-26(32)30-16-13-29(14-17-30)20-23-7-9-25(34-2)10-8-23/h3,5-10,19H,4,11-18,20-21H2,1-2H3. The third kappa shape index (κ3) is 6.36. The summed E-state index contributed by atoms with van der Waals surface area (Å²) in [4.78, 5) is 34.4. The second-order valence-corrected chi connectivity index (χ2v) is 9.30. The van der Waals surface area contributed by atoms with Crippen LogP contribution in [0.3, 0.4) is 0 Å². The zero-order valence-electron chi connectivity index (χ0n) is 20.4. The van der Waals surface area contributed by atoms with E-state index in [1.54, 1.807) is 7.11 Å². The van der Waals surface area contributed by atoms with Gasteiger partial charge in [0.2, 0.25) is 5.91 Å². The minimum Gasteiger partial charge on any atom is -0.497 e. The lowest BCUT2D eigenvalue weighted by atomic mass is 10.1. The number of hydrogen-bond acceptors (Lipinski definition) is 5. The van der Waals surface area contributed by atoms with Crippen LogP contribution in [0.5, 0.6) is 5.75 Å². The van der Waals surface area contributed by atoms with Crippen molar-refractivity contribution in [3.8, 4) is 5.75 Å². The molecule has 0 N–H and O–H groups in total. The van der Waals surface area contributed by atoms with Gasteiger partial charge in [-0.15, -0.1) is 0 Å². The van der Waals surface area contributed by atoms with Gasteiger partial charge in [0.25, 0.3) is 5.91 Å². The van der Waals surface area contributed by atoms with Gasteiger partial charge in [-0.1, -0.05) is 29.8 Å². The second kappa shape index (κ2) is 11.5. The van der Waals surface area contributed by atoms with Crippen molar-refractivity contribution in [1.29, 1.82) is 0 Å². The van der Waals surface area contributed by atoms with Gasteiger partial charge in [0.15, 0.2) is 0 Å². The molecule has 2 aromatic rings. The van der Waals surface area contributed by atoms with Crippen molar-refractivity contribution in [2.24, 2.45) is 0 Å². The van der Waals surface area contributed by atoms with Gasteiger partial charge in [-0.25, -0.2) is 0 Å². The number of benzene rings is 2. The van der Waals surface area contributed by atoms with Crippen molar-refractivity contribution in [2.45, 2.75) is 19.9 Å². The van der Waals surface area contributed by atoms with E-state index < -0.39 is 0 Å². The molecule has 7 nitrogen and oxygen atoms in total. The number of amides is 2. The Bertz CT molecular complexity index is 970. The second-order valence-electron chi connectivity index (χ2n) is 9.30. The predicted molar refractivity (Wildman–Crippen MR) is 133 cm³/mol. The van der Waals surface area contributed by atoms with E-state index in [0.29, 0.717) is 13.1 Å². The van der Waals surface area contributed by atoms with Crippen molar-refractivity contribution in [2.75, 3.05) is 66.0 Å². The van der Waals surface area contributed by atoms with E-state index in [4.69, 9.17) is 4.74 Å². The van der Waals surface area contributed by atoms with E-state index >= 15 is 0 Å².